The summed E-state index contributed by atoms with van der Waals surface area (Å²) in [5.41, 5.74) is 0.925. The summed E-state index contributed by atoms with van der Waals surface area (Å²) in [5, 5.41) is 4.59. The average Bonchev–Trinajstić information content (AvgIpc) is 2.60. The van der Waals surface area contributed by atoms with Gasteiger partial charge in [-0.2, -0.15) is 0 Å². The van der Waals surface area contributed by atoms with Gasteiger partial charge in [-0.05, 0) is 18.1 Å². The van der Waals surface area contributed by atoms with Gasteiger partial charge in [0.1, 0.15) is 0 Å². The van der Waals surface area contributed by atoms with E-state index in [0.29, 0.717) is 6.42 Å². The zero-order chi connectivity index (χ0) is 8.77. The molecule has 66 valence electrons. The minimum Gasteiger partial charge on any atom is -0.472 e. The van der Waals surface area contributed by atoms with Crippen LogP contribution in [0.15, 0.2) is 23.0 Å². The summed E-state index contributed by atoms with van der Waals surface area (Å²) in [5.74, 6) is 0.0544. The largest absolute Gasteiger partial charge is 0.472 e. The smallest absolute Gasteiger partial charge is 0.212 e. The highest BCUT2D eigenvalue weighted by molar-refractivity contribution is 7.90. The molecule has 1 fully saturated rings. The summed E-state index contributed by atoms with van der Waals surface area (Å²) in [6, 6.07) is 1.77. The molecule has 5 heteroatoms. The van der Waals surface area contributed by atoms with Gasteiger partial charge in [-0.1, -0.05) is 0 Å². The third-order valence-corrected chi connectivity index (χ3v) is 3.49. The highest BCUT2D eigenvalue weighted by Gasteiger charge is 2.46. The van der Waals surface area contributed by atoms with E-state index in [0.717, 1.165) is 5.56 Å². The van der Waals surface area contributed by atoms with Gasteiger partial charge in [0.15, 0.2) is 0 Å². The molecule has 1 aromatic rings. The summed E-state index contributed by atoms with van der Waals surface area (Å²) in [4.78, 5) is 0. The fourth-order valence-electron chi connectivity index (χ4n) is 1.37. The first-order chi connectivity index (χ1) is 5.59. The summed E-state index contributed by atoms with van der Waals surface area (Å²) in [7, 11) is -3.35. The molecule has 0 aliphatic heterocycles. The molecular weight excluding hydrogens is 178 g/mol. The van der Waals surface area contributed by atoms with Crippen LogP contribution in [0.5, 0.6) is 0 Å². The van der Waals surface area contributed by atoms with Gasteiger partial charge in [0.05, 0.1) is 17.8 Å². The highest BCUT2D eigenvalue weighted by atomic mass is 32.2. The highest BCUT2D eigenvalue weighted by Crippen LogP contribution is 2.44. The van der Waals surface area contributed by atoms with E-state index in [-0.39, 0.29) is 5.92 Å². The van der Waals surface area contributed by atoms with E-state index in [1.807, 2.05) is 0 Å². The van der Waals surface area contributed by atoms with Crippen molar-refractivity contribution in [3.63, 3.8) is 0 Å². The van der Waals surface area contributed by atoms with E-state index in [9.17, 15) is 8.42 Å². The van der Waals surface area contributed by atoms with Crippen LogP contribution >= 0.6 is 0 Å². The van der Waals surface area contributed by atoms with Gasteiger partial charge in [0, 0.05) is 5.92 Å². The van der Waals surface area contributed by atoms with Gasteiger partial charge in [-0.25, -0.2) is 13.6 Å². The molecule has 1 aliphatic carbocycles. The molecule has 12 heavy (non-hydrogen) atoms. The molecule has 2 N–H and O–H groups in total. The second-order valence-electron chi connectivity index (χ2n) is 3.03. The molecule has 2 atom stereocenters. The van der Waals surface area contributed by atoms with Gasteiger partial charge in [0.25, 0.3) is 0 Å². The van der Waals surface area contributed by atoms with Crippen molar-refractivity contribution in [1.29, 1.82) is 0 Å². The Morgan fingerprint density at radius 2 is 2.33 bits per heavy atom. The molecule has 1 aromatic heterocycles. The first kappa shape index (κ1) is 7.82. The Labute approximate surface area is 70.4 Å². The minimum absolute atomic E-state index is 0.0544. The molecule has 0 spiro atoms. The second kappa shape index (κ2) is 2.34. The lowest BCUT2D eigenvalue weighted by atomic mass is 10.2. The van der Waals surface area contributed by atoms with Crippen LogP contribution in [0.3, 0.4) is 0 Å². The van der Waals surface area contributed by atoms with Gasteiger partial charge >= 0.3 is 0 Å². The number of hydrogen-bond donors (Lipinski definition) is 1. The number of hydrogen-bond acceptors (Lipinski definition) is 3. The number of rotatable bonds is 2. The number of sulfonamides is 1. The zero-order valence-corrected chi connectivity index (χ0v) is 7.12. The van der Waals surface area contributed by atoms with Crippen molar-refractivity contribution in [2.24, 2.45) is 5.14 Å². The predicted octanol–water partition coefficient (Wildman–Crippen LogP) is 0.424. The predicted molar refractivity (Wildman–Crippen MR) is 43.0 cm³/mol. The molecule has 1 heterocycles. The van der Waals surface area contributed by atoms with E-state index in [4.69, 9.17) is 9.56 Å². The van der Waals surface area contributed by atoms with Crippen molar-refractivity contribution in [3.05, 3.63) is 24.2 Å². The van der Waals surface area contributed by atoms with Crippen LogP contribution in [0.2, 0.25) is 0 Å². The topological polar surface area (TPSA) is 73.3 Å². The van der Waals surface area contributed by atoms with Crippen molar-refractivity contribution in [2.45, 2.75) is 17.6 Å². The van der Waals surface area contributed by atoms with Crippen LogP contribution in [-0.4, -0.2) is 13.7 Å². The van der Waals surface area contributed by atoms with Crippen LogP contribution < -0.4 is 5.14 Å². The standard InChI is InChI=1S/C7H9NO3S/c8-12(9,10)7-3-6(7)5-1-2-11-4-5/h1-2,4,6-7H,3H2,(H2,8,9,10)/t6-,7+/m0/s1. The monoisotopic (exact) mass is 187 g/mol. The molecule has 0 saturated heterocycles. The zero-order valence-electron chi connectivity index (χ0n) is 6.30. The van der Waals surface area contributed by atoms with Gasteiger partial charge in [0.2, 0.25) is 10.0 Å². The molecule has 0 amide bonds. The van der Waals surface area contributed by atoms with Gasteiger partial charge in [-0.3, -0.25) is 0 Å². The maximum Gasteiger partial charge on any atom is 0.212 e. The maximum absolute atomic E-state index is 10.8. The van der Waals surface area contributed by atoms with E-state index in [2.05, 4.69) is 0 Å². The molecule has 4 nitrogen and oxygen atoms in total. The Kier molecular flexibility index (Phi) is 1.52. The van der Waals surface area contributed by atoms with Crippen molar-refractivity contribution in [2.75, 3.05) is 0 Å². The lowest BCUT2D eigenvalue weighted by molar-refractivity contribution is 0.564. The summed E-state index contributed by atoms with van der Waals surface area (Å²) >= 11 is 0. The molecule has 1 saturated carbocycles. The van der Waals surface area contributed by atoms with Crippen molar-refractivity contribution < 1.29 is 12.8 Å². The number of nitrogens with two attached hydrogens (primary N) is 1. The number of primary sulfonamides is 1. The third kappa shape index (κ3) is 1.25. The Balaban J connectivity index is 2.16. The third-order valence-electron chi connectivity index (χ3n) is 2.13. The van der Waals surface area contributed by atoms with Crippen LogP contribution in [0, 0.1) is 0 Å². The molecular formula is C7H9NO3S. The van der Waals surface area contributed by atoms with E-state index in [1.165, 1.54) is 6.26 Å². The van der Waals surface area contributed by atoms with Crippen LogP contribution in [-0.2, 0) is 10.0 Å². The van der Waals surface area contributed by atoms with E-state index in [1.54, 1.807) is 12.3 Å². The van der Waals surface area contributed by atoms with Crippen molar-refractivity contribution in [1.82, 2.24) is 0 Å². The van der Waals surface area contributed by atoms with E-state index < -0.39 is 15.3 Å². The molecule has 2 rings (SSSR count). The number of furan rings is 1. The van der Waals surface area contributed by atoms with Crippen molar-refractivity contribution in [3.8, 4) is 0 Å². The first-order valence-electron chi connectivity index (χ1n) is 3.63. The molecule has 1 aliphatic rings. The Bertz CT molecular complexity index is 367. The maximum atomic E-state index is 10.8. The SMILES string of the molecule is NS(=O)(=O)[C@@H]1C[C@H]1c1ccoc1. The Morgan fingerprint density at radius 3 is 2.75 bits per heavy atom. The summed E-state index contributed by atoms with van der Waals surface area (Å²) in [6.45, 7) is 0. The molecule has 0 unspecified atom stereocenters. The van der Waals surface area contributed by atoms with Crippen molar-refractivity contribution >= 4 is 10.0 Å². The summed E-state index contributed by atoms with van der Waals surface area (Å²) in [6.07, 6.45) is 3.72. The van der Waals surface area contributed by atoms with Crippen LogP contribution in [0.4, 0.5) is 0 Å². The molecule has 0 bridgehead atoms. The fourth-order valence-corrected chi connectivity index (χ4v) is 2.46. The first-order valence-corrected chi connectivity index (χ1v) is 5.23. The lowest BCUT2D eigenvalue weighted by Gasteiger charge is -1.92. The van der Waals surface area contributed by atoms with Gasteiger partial charge < -0.3 is 4.42 Å². The molecule has 0 aromatic carbocycles. The van der Waals surface area contributed by atoms with Crippen LogP contribution in [0.1, 0.15) is 17.9 Å². The lowest BCUT2D eigenvalue weighted by Crippen LogP contribution is -2.18. The summed E-state index contributed by atoms with van der Waals surface area (Å²) < 4.78 is 26.5. The Morgan fingerprint density at radius 1 is 1.58 bits per heavy atom. The van der Waals surface area contributed by atoms with Crippen LogP contribution in [0.25, 0.3) is 0 Å². The quantitative estimate of drug-likeness (QED) is 0.729. The minimum atomic E-state index is -3.35. The Hall–Kier alpha value is -0.810. The normalized spacial score (nSPS) is 28.8. The second-order valence-corrected chi connectivity index (χ2v) is 4.81. The van der Waals surface area contributed by atoms with E-state index >= 15 is 0 Å². The van der Waals surface area contributed by atoms with Gasteiger partial charge in [-0.15, -0.1) is 0 Å². The molecule has 0 radical (unpaired) electrons. The average molecular weight is 187 g/mol. The fraction of sp³-hybridized carbons (Fsp3) is 0.429.